The number of ether oxygens (including phenoxy) is 3. The number of likely N-dealkylation sites (tertiary alicyclic amines) is 1. The van der Waals surface area contributed by atoms with Gasteiger partial charge in [-0.2, -0.15) is 0 Å². The summed E-state index contributed by atoms with van der Waals surface area (Å²) in [5.74, 6) is -1.74. The van der Waals surface area contributed by atoms with E-state index in [2.05, 4.69) is 24.1 Å². The van der Waals surface area contributed by atoms with Crippen molar-refractivity contribution in [3.05, 3.63) is 64.6 Å². The van der Waals surface area contributed by atoms with Crippen molar-refractivity contribution in [1.82, 2.24) is 5.32 Å². The molecule has 1 spiro atoms. The highest BCUT2D eigenvalue weighted by molar-refractivity contribution is 5.96. The van der Waals surface area contributed by atoms with Crippen molar-refractivity contribution < 1.29 is 41.8 Å². The molecule has 7 nitrogen and oxygen atoms in total. The van der Waals surface area contributed by atoms with E-state index in [9.17, 15) is 23.1 Å². The van der Waals surface area contributed by atoms with E-state index in [1.165, 1.54) is 13.2 Å². The molecule has 2 N–H and O–H groups in total. The fourth-order valence-corrected chi connectivity index (χ4v) is 8.05. The molecule has 2 bridgehead atoms. The number of aliphatic hydroxyl groups excluding tert-OH is 1. The molecule has 2 heterocycles. The Kier molecular flexibility index (Phi) is 5.99. The number of rotatable bonds is 5. The highest BCUT2D eigenvalue weighted by Gasteiger charge is 2.71. The van der Waals surface area contributed by atoms with Gasteiger partial charge in [0.2, 0.25) is 0 Å². The van der Waals surface area contributed by atoms with E-state index in [4.69, 9.17) is 9.47 Å². The van der Waals surface area contributed by atoms with E-state index in [1.54, 1.807) is 30.3 Å². The molecule has 2 aliphatic heterocycles. The molecule has 2 unspecified atom stereocenters. The molecular formula is C29H34F3N2O5+. The van der Waals surface area contributed by atoms with Crippen molar-refractivity contribution in [3.63, 3.8) is 0 Å². The first-order valence-corrected chi connectivity index (χ1v) is 13.4. The molecule has 210 valence electrons. The number of allylic oxidation sites excluding steroid dienone is 1. The third-order valence-corrected chi connectivity index (χ3v) is 9.73. The molecule has 5 aliphatic rings. The van der Waals surface area contributed by atoms with Crippen molar-refractivity contribution in [3.8, 4) is 0 Å². The van der Waals surface area contributed by atoms with Gasteiger partial charge in [-0.25, -0.2) is 0 Å². The molecular weight excluding hydrogens is 513 g/mol. The lowest BCUT2D eigenvalue weighted by atomic mass is 9.50. The van der Waals surface area contributed by atoms with Crippen LogP contribution in [0.15, 0.2) is 59.1 Å². The fourth-order valence-electron chi connectivity index (χ4n) is 8.05. The van der Waals surface area contributed by atoms with Gasteiger partial charge in [0.05, 0.1) is 32.8 Å². The number of hydrogen-bond donors (Lipinski definition) is 2. The van der Waals surface area contributed by atoms with Gasteiger partial charge in [0.15, 0.2) is 11.5 Å². The van der Waals surface area contributed by atoms with Gasteiger partial charge >= 0.3 is 6.36 Å². The van der Waals surface area contributed by atoms with Crippen LogP contribution in [-0.2, 0) is 19.0 Å². The summed E-state index contributed by atoms with van der Waals surface area (Å²) in [5, 5.41) is 14.0. The van der Waals surface area contributed by atoms with Crippen molar-refractivity contribution in [2.75, 3.05) is 27.7 Å². The summed E-state index contributed by atoms with van der Waals surface area (Å²) in [4.78, 5) is 13.5. The molecule has 1 aromatic carbocycles. The van der Waals surface area contributed by atoms with Crippen molar-refractivity contribution in [2.45, 2.75) is 62.4 Å². The maximum Gasteiger partial charge on any atom is 0.573 e. The second kappa shape index (κ2) is 8.84. The van der Waals surface area contributed by atoms with E-state index < -0.39 is 29.9 Å². The first-order valence-electron chi connectivity index (χ1n) is 13.4. The van der Waals surface area contributed by atoms with Crippen LogP contribution < -0.4 is 5.32 Å². The summed E-state index contributed by atoms with van der Waals surface area (Å²) in [6, 6.07) is 8.45. The number of nitrogens with zero attached hydrogens (tertiary/aromatic N) is 1. The minimum absolute atomic E-state index is 0.0201. The van der Waals surface area contributed by atoms with Crippen LogP contribution in [0.2, 0.25) is 0 Å². The summed E-state index contributed by atoms with van der Waals surface area (Å²) in [6.07, 6.45) is 0.878. The number of benzene rings is 1. The predicted octanol–water partition coefficient (Wildman–Crippen LogP) is 4.58. The lowest BCUT2D eigenvalue weighted by Crippen LogP contribution is -2.68. The van der Waals surface area contributed by atoms with Gasteiger partial charge in [-0.1, -0.05) is 36.8 Å². The van der Waals surface area contributed by atoms with Gasteiger partial charge in [0, 0.05) is 42.9 Å². The minimum atomic E-state index is -5.09. The number of aliphatic hydroxyl groups is 1. The Hall–Kier alpha value is -2.82. The monoisotopic (exact) mass is 547 g/mol. The molecule has 3 fully saturated rings. The van der Waals surface area contributed by atoms with Crippen molar-refractivity contribution in [1.29, 1.82) is 0 Å². The number of nitrogens with one attached hydrogen (secondary N) is 1. The van der Waals surface area contributed by atoms with E-state index in [-0.39, 0.29) is 17.3 Å². The second-order valence-electron chi connectivity index (χ2n) is 11.9. The molecule has 1 aromatic rings. The highest BCUT2D eigenvalue weighted by atomic mass is 19.4. The van der Waals surface area contributed by atoms with Crippen LogP contribution in [0.4, 0.5) is 13.2 Å². The topological polar surface area (TPSA) is 77.0 Å². The summed E-state index contributed by atoms with van der Waals surface area (Å²) in [5.41, 5.74) is 0.120. The highest BCUT2D eigenvalue weighted by Crippen LogP contribution is 2.67. The standard InChI is InChI=1S/C29H33F3N2O5/c1-34(2)13-12-27-19-10-7-11-23(27)38-25-24(27)18(15-20(19)34)21(35)16-28(25,37-3)33-26(36)22(39-29(30,31)32)14-17-8-5-4-6-9-17/h4-6,8-9,14,16,19-20,23,25H,7,10-13,15H2,1-3H3,(H-,33,35,36)/p+1/t19-,20+,23-,25?,27+,28?/m0/s1. The third kappa shape index (κ3) is 4.02. The molecule has 2 saturated heterocycles. The number of alkyl halides is 3. The minimum Gasteiger partial charge on any atom is -0.508 e. The zero-order valence-electron chi connectivity index (χ0n) is 22.3. The van der Waals surface area contributed by atoms with Crippen LogP contribution in [0.25, 0.3) is 6.08 Å². The first-order chi connectivity index (χ1) is 18.4. The number of carbonyl (C=O) groups is 1. The van der Waals surface area contributed by atoms with Crippen LogP contribution in [0.5, 0.6) is 0 Å². The van der Waals surface area contributed by atoms with Crippen LogP contribution in [0.1, 0.15) is 37.7 Å². The van der Waals surface area contributed by atoms with Gasteiger partial charge in [-0.3, -0.25) is 4.79 Å². The Morgan fingerprint density at radius 3 is 2.67 bits per heavy atom. The van der Waals surface area contributed by atoms with Gasteiger partial charge < -0.3 is 29.1 Å². The Balaban J connectivity index is 1.41. The third-order valence-electron chi connectivity index (χ3n) is 9.73. The van der Waals surface area contributed by atoms with Gasteiger partial charge in [-0.15, -0.1) is 13.2 Å². The average molecular weight is 548 g/mol. The largest absolute Gasteiger partial charge is 0.573 e. The lowest BCUT2D eigenvalue weighted by molar-refractivity contribution is -0.928. The average Bonchev–Trinajstić information content (AvgIpc) is 3.22. The molecule has 39 heavy (non-hydrogen) atoms. The Morgan fingerprint density at radius 2 is 1.97 bits per heavy atom. The number of quaternary nitrogens is 1. The molecule has 10 heteroatoms. The molecule has 0 radical (unpaired) electrons. The quantitative estimate of drug-likeness (QED) is 0.244. The number of piperidine rings is 1. The molecule has 1 amide bonds. The predicted molar refractivity (Wildman–Crippen MR) is 136 cm³/mol. The molecule has 6 rings (SSSR count). The van der Waals surface area contributed by atoms with Crippen LogP contribution in [0, 0.1) is 11.3 Å². The summed E-state index contributed by atoms with van der Waals surface area (Å²) >= 11 is 0. The molecule has 6 atom stereocenters. The van der Waals surface area contributed by atoms with Gasteiger partial charge in [-0.05, 0) is 30.1 Å². The van der Waals surface area contributed by atoms with Gasteiger partial charge in [0.25, 0.3) is 5.91 Å². The lowest BCUT2D eigenvalue weighted by Gasteiger charge is -2.60. The smallest absolute Gasteiger partial charge is 0.508 e. The molecule has 1 saturated carbocycles. The summed E-state index contributed by atoms with van der Waals surface area (Å²) in [6.45, 7) is 0.949. The zero-order valence-corrected chi connectivity index (χ0v) is 22.3. The van der Waals surface area contributed by atoms with Crippen molar-refractivity contribution >= 4 is 12.0 Å². The van der Waals surface area contributed by atoms with E-state index in [0.29, 0.717) is 23.9 Å². The number of amides is 1. The SMILES string of the molecule is COC1(NC(=O)C(=Cc2ccccc2)OC(F)(F)F)C=C(O)C2=C3C1O[C@H]1CCC[C@H]4[C@@H](C2)[N+](C)(C)CC[C@]314. The second-order valence-corrected chi connectivity index (χ2v) is 11.9. The summed E-state index contributed by atoms with van der Waals surface area (Å²) in [7, 11) is 5.84. The number of halogens is 3. The van der Waals surface area contributed by atoms with Crippen LogP contribution in [-0.4, -0.2) is 73.6 Å². The first kappa shape index (κ1) is 26.4. The number of carbonyl (C=O) groups excluding carboxylic acids is 1. The Bertz CT molecular complexity index is 1270. The summed E-state index contributed by atoms with van der Waals surface area (Å²) < 4.78 is 57.6. The maximum absolute atomic E-state index is 13.5. The van der Waals surface area contributed by atoms with Crippen molar-refractivity contribution in [2.24, 2.45) is 11.3 Å². The van der Waals surface area contributed by atoms with E-state index >= 15 is 0 Å². The van der Waals surface area contributed by atoms with E-state index in [1.807, 2.05) is 0 Å². The number of methoxy groups -OCH3 is 1. The molecule has 0 aromatic heterocycles. The van der Waals surface area contributed by atoms with Crippen LogP contribution in [0.3, 0.4) is 0 Å². The maximum atomic E-state index is 13.5. The Labute approximate surface area is 225 Å². The van der Waals surface area contributed by atoms with Crippen LogP contribution >= 0.6 is 0 Å². The zero-order chi connectivity index (χ0) is 27.8. The normalized spacial score (nSPS) is 36.7. The van der Waals surface area contributed by atoms with Gasteiger partial charge in [0.1, 0.15) is 11.9 Å². The Morgan fingerprint density at radius 1 is 1.23 bits per heavy atom. The van der Waals surface area contributed by atoms with E-state index in [0.717, 1.165) is 53.9 Å². The fraction of sp³-hybridized carbons (Fsp3) is 0.552. The number of hydrogen-bond acceptors (Lipinski definition) is 5. The molecule has 3 aliphatic carbocycles.